The summed E-state index contributed by atoms with van der Waals surface area (Å²) in [5.41, 5.74) is 0. The fraction of sp³-hybridized carbons (Fsp3) is 1.00. The number of hydrogen-bond donors (Lipinski definition) is 0. The lowest BCUT2D eigenvalue weighted by Gasteiger charge is -2.21. The van der Waals surface area contributed by atoms with Crippen molar-refractivity contribution < 1.29 is 21.2 Å². The maximum atomic E-state index is 2.44. The number of hydrogen-bond acceptors (Lipinski definition) is 0. The molecule has 0 aromatic rings. The first-order valence-electron chi connectivity index (χ1n) is 6.46. The zero-order valence-electron chi connectivity index (χ0n) is 9.47. The molecule has 0 unspecified atom stereocenters. The first-order chi connectivity index (χ1) is 6.84. The molecule has 0 bridgehead atoms. The van der Waals surface area contributed by atoms with Gasteiger partial charge in [-0.05, 0) is 57.3 Å². The van der Waals surface area contributed by atoms with Crippen LogP contribution in [0.5, 0.6) is 0 Å². The first kappa shape index (κ1) is 11.2. The Balaban J connectivity index is 1.68. The van der Waals surface area contributed by atoms with Crippen LogP contribution in [-0.2, 0) is 0 Å². The molecule has 2 aliphatic carbocycles. The second kappa shape index (κ2) is 5.72. The van der Waals surface area contributed by atoms with Gasteiger partial charge in [0.15, 0.2) is 7.85 Å². The molecule has 1 heteroatoms. The Hall–Kier alpha value is 0.730. The van der Waals surface area contributed by atoms with Gasteiger partial charge in [0.05, 0.1) is 0 Å². The monoisotopic (exact) mass is 307 g/mol. The largest absolute Gasteiger partial charge is 0.275 e. The average molecular weight is 307 g/mol. The van der Waals surface area contributed by atoms with E-state index in [1.807, 2.05) is 0 Å². The van der Waals surface area contributed by atoms with Gasteiger partial charge in [0, 0.05) is 0 Å². The van der Waals surface area contributed by atoms with Gasteiger partial charge < -0.3 is 0 Å². The van der Waals surface area contributed by atoms with Gasteiger partial charge in [-0.25, -0.2) is 0 Å². The molecule has 0 aromatic carbocycles. The highest BCUT2D eigenvalue weighted by atomic mass is 127. The van der Waals surface area contributed by atoms with Crippen molar-refractivity contribution in [1.29, 1.82) is 0 Å². The maximum Gasteiger partial charge on any atom is 0.275 e. The van der Waals surface area contributed by atoms with Gasteiger partial charge >= 0.3 is 0 Å². The summed E-state index contributed by atoms with van der Waals surface area (Å²) in [7, 11) is 0. The minimum atomic E-state index is 0.563. The Morgan fingerprint density at radius 1 is 0.714 bits per heavy atom. The van der Waals surface area contributed by atoms with Crippen LogP contribution in [0.1, 0.15) is 64.7 Å². The Kier molecular flexibility index (Phi) is 4.58. The van der Waals surface area contributed by atoms with Gasteiger partial charge in [-0.2, -0.15) is 0 Å². The van der Waals surface area contributed by atoms with E-state index in [4.69, 9.17) is 0 Å². The van der Waals surface area contributed by atoms with E-state index in [2.05, 4.69) is 6.92 Å². The van der Waals surface area contributed by atoms with E-state index in [1.165, 1.54) is 27.1 Å². The lowest BCUT2D eigenvalue weighted by atomic mass is 9.91. The van der Waals surface area contributed by atoms with Crippen molar-refractivity contribution in [2.45, 2.75) is 72.6 Å². The Labute approximate surface area is 99.5 Å². The minimum absolute atomic E-state index is 0.563. The highest BCUT2D eigenvalue weighted by Gasteiger charge is 2.34. The highest BCUT2D eigenvalue weighted by molar-refractivity contribution is 4.70. The Bertz CT molecular complexity index is 153. The van der Waals surface area contributed by atoms with Crippen molar-refractivity contribution in [3.05, 3.63) is 0 Å². The predicted octanol–water partition coefficient (Wildman–Crippen LogP) is 0.987. The van der Waals surface area contributed by atoms with Crippen LogP contribution in [0.4, 0.5) is 0 Å². The quantitative estimate of drug-likeness (QED) is 0.527. The molecule has 0 amide bonds. The lowest BCUT2D eigenvalue weighted by Crippen LogP contribution is -3.68. The van der Waals surface area contributed by atoms with Gasteiger partial charge in [0.1, 0.15) is 0 Å². The predicted molar refractivity (Wildman–Crippen MR) is 58.3 cm³/mol. The van der Waals surface area contributed by atoms with Crippen LogP contribution >= 0.6 is 0 Å². The molecule has 2 rings (SSSR count). The zero-order valence-corrected chi connectivity index (χ0v) is 11.6. The van der Waals surface area contributed by atoms with Crippen molar-refractivity contribution in [3.8, 4) is 0 Å². The minimum Gasteiger partial charge on any atom is -0.0625 e. The topological polar surface area (TPSA) is 0 Å². The normalized spacial score (nSPS) is 35.8. The smallest absolute Gasteiger partial charge is 0.0625 e. The van der Waals surface area contributed by atoms with Crippen molar-refractivity contribution in [2.75, 3.05) is 0 Å². The van der Waals surface area contributed by atoms with Gasteiger partial charge in [-0.15, -0.1) is 0 Å². The lowest BCUT2D eigenvalue weighted by molar-refractivity contribution is -0.726. The Morgan fingerprint density at radius 2 is 1.29 bits per heavy atom. The van der Waals surface area contributed by atoms with Crippen LogP contribution in [0.25, 0.3) is 0 Å². The fourth-order valence-corrected chi connectivity index (χ4v) is 7.25. The van der Waals surface area contributed by atoms with Crippen molar-refractivity contribution >= 4 is 0 Å². The maximum absolute atomic E-state index is 2.44. The zero-order chi connectivity index (χ0) is 9.80. The van der Waals surface area contributed by atoms with Crippen LogP contribution in [-0.4, -0.2) is 7.85 Å². The van der Waals surface area contributed by atoms with E-state index in [9.17, 15) is 0 Å². The summed E-state index contributed by atoms with van der Waals surface area (Å²) in [6.45, 7) is 2.44. The first-order valence-corrected chi connectivity index (χ1v) is 8.95. The van der Waals surface area contributed by atoms with Crippen LogP contribution in [0, 0.1) is 5.92 Å². The summed E-state index contributed by atoms with van der Waals surface area (Å²) in [5, 5.41) is 0. The van der Waals surface area contributed by atoms with Crippen LogP contribution in [0.2, 0.25) is 0 Å². The molecule has 0 saturated heterocycles. The Morgan fingerprint density at radius 3 is 1.93 bits per heavy atom. The van der Waals surface area contributed by atoms with Crippen LogP contribution < -0.4 is 21.2 Å². The fourth-order valence-electron chi connectivity index (χ4n) is 2.78. The molecule has 2 aliphatic rings. The molecule has 0 nitrogen and oxygen atoms in total. The molecule has 0 radical (unpaired) electrons. The second-order valence-corrected chi connectivity index (χ2v) is 9.46. The molecule has 0 spiro atoms. The molecule has 2 saturated carbocycles. The molecule has 0 aliphatic heterocycles. The van der Waals surface area contributed by atoms with Crippen molar-refractivity contribution in [3.63, 3.8) is 0 Å². The van der Waals surface area contributed by atoms with Gasteiger partial charge in [0.2, 0.25) is 0 Å². The summed E-state index contributed by atoms with van der Waals surface area (Å²) < 4.78 is 2.44. The molecule has 2 fully saturated rings. The van der Waals surface area contributed by atoms with Crippen molar-refractivity contribution in [1.82, 2.24) is 0 Å². The molecule has 14 heavy (non-hydrogen) atoms. The third-order valence-corrected chi connectivity index (χ3v) is 8.36. The van der Waals surface area contributed by atoms with Gasteiger partial charge in [-0.1, -0.05) is 13.3 Å². The van der Waals surface area contributed by atoms with E-state index >= 15 is 0 Å². The van der Waals surface area contributed by atoms with Crippen molar-refractivity contribution in [2.24, 2.45) is 5.92 Å². The van der Waals surface area contributed by atoms with E-state index in [0.717, 1.165) is 5.92 Å². The summed E-state index contributed by atoms with van der Waals surface area (Å²) in [5.74, 6) is 1.04. The third-order valence-electron chi connectivity index (χ3n) is 3.84. The van der Waals surface area contributed by atoms with E-state index < -0.39 is 0 Å². The van der Waals surface area contributed by atoms with E-state index in [1.54, 1.807) is 38.5 Å². The molecular formula is C13H24I+. The number of rotatable bonds is 2. The summed E-state index contributed by atoms with van der Waals surface area (Å²) in [4.78, 5) is 0. The average Bonchev–Trinajstić information content (AvgIpc) is 2.23. The number of alkyl halides is 2. The van der Waals surface area contributed by atoms with E-state index in [0.29, 0.717) is 21.2 Å². The molecule has 0 heterocycles. The summed E-state index contributed by atoms with van der Waals surface area (Å²) >= 11 is 0.563. The molecular weight excluding hydrogens is 283 g/mol. The van der Waals surface area contributed by atoms with Crippen LogP contribution in [0.15, 0.2) is 0 Å². The molecule has 82 valence electrons. The third kappa shape index (κ3) is 3.39. The number of halogens is 1. The van der Waals surface area contributed by atoms with Gasteiger partial charge in [0.25, 0.3) is 21.2 Å². The SMILES string of the molecule is CC1CCC([I+]C2CCCCC2)CC1. The van der Waals surface area contributed by atoms with Crippen LogP contribution in [0.3, 0.4) is 0 Å². The second-order valence-electron chi connectivity index (χ2n) is 5.22. The summed E-state index contributed by atoms with van der Waals surface area (Å²) in [6.07, 6.45) is 14.1. The molecule has 0 aromatic heterocycles. The summed E-state index contributed by atoms with van der Waals surface area (Å²) in [6, 6.07) is 0. The molecule has 0 atom stereocenters. The van der Waals surface area contributed by atoms with E-state index in [-0.39, 0.29) is 0 Å². The highest BCUT2D eigenvalue weighted by Crippen LogP contribution is 2.21. The standard InChI is InChI=1S/C13H24I/c1-11-7-9-13(10-8-11)14-12-5-3-2-4-6-12/h11-13H,2-10H2,1H3/q+1. The van der Waals surface area contributed by atoms with Gasteiger partial charge in [-0.3, -0.25) is 0 Å². The molecule has 0 N–H and O–H groups in total.